The molecule has 16 heavy (non-hydrogen) atoms. The Labute approximate surface area is 101 Å². The lowest BCUT2D eigenvalue weighted by Gasteiger charge is -2.26. The molecule has 0 unspecified atom stereocenters. The van der Waals surface area contributed by atoms with E-state index in [4.69, 9.17) is 16.3 Å². The Hall–Kier alpha value is -1.10. The van der Waals surface area contributed by atoms with Crippen LogP contribution >= 0.6 is 11.6 Å². The minimum Gasteiger partial charge on any atom is -0.467 e. The first kappa shape index (κ1) is 13.0. The zero-order chi connectivity index (χ0) is 12.1. The van der Waals surface area contributed by atoms with Crippen molar-refractivity contribution in [3.8, 4) is 6.01 Å². The van der Waals surface area contributed by atoms with Gasteiger partial charge in [-0.05, 0) is 24.4 Å². The monoisotopic (exact) mass is 244 g/mol. The molecule has 0 saturated carbocycles. The van der Waals surface area contributed by atoms with Gasteiger partial charge in [0.25, 0.3) is 0 Å². The number of methoxy groups -OCH3 is 1. The zero-order valence-electron chi connectivity index (χ0n) is 10.1. The van der Waals surface area contributed by atoms with Crippen LogP contribution in [0.1, 0.15) is 26.7 Å². The minimum atomic E-state index is 0.152. The number of hydrogen-bond acceptors (Lipinski definition) is 5. The first-order valence-electron chi connectivity index (χ1n) is 5.30. The quantitative estimate of drug-likeness (QED) is 0.795. The molecule has 1 heterocycles. The van der Waals surface area contributed by atoms with Crippen LogP contribution in [-0.4, -0.2) is 35.2 Å². The Kier molecular flexibility index (Phi) is 4.73. The maximum Gasteiger partial charge on any atom is 0.322 e. The van der Waals surface area contributed by atoms with Crippen molar-refractivity contribution in [3.05, 3.63) is 5.28 Å². The molecule has 0 radical (unpaired) electrons. The van der Waals surface area contributed by atoms with Crippen molar-refractivity contribution in [2.45, 2.75) is 32.7 Å². The van der Waals surface area contributed by atoms with Crippen molar-refractivity contribution in [2.75, 3.05) is 19.1 Å². The molecule has 0 aliphatic rings. The molecule has 1 aromatic heterocycles. The molecule has 0 bridgehead atoms. The van der Waals surface area contributed by atoms with E-state index in [1.807, 2.05) is 11.9 Å². The van der Waals surface area contributed by atoms with Crippen LogP contribution in [0, 0.1) is 0 Å². The molecule has 0 N–H and O–H groups in total. The Morgan fingerprint density at radius 3 is 2.38 bits per heavy atom. The standard InChI is InChI=1S/C10H17ClN4O/c1-5-7(6-2)15(3)9-12-8(11)13-10(14-9)16-4/h7H,5-6H2,1-4H3. The van der Waals surface area contributed by atoms with Crippen molar-refractivity contribution in [1.82, 2.24) is 15.0 Å². The lowest BCUT2D eigenvalue weighted by Crippen LogP contribution is -2.32. The highest BCUT2D eigenvalue weighted by molar-refractivity contribution is 6.28. The molecule has 90 valence electrons. The van der Waals surface area contributed by atoms with Gasteiger partial charge in [-0.1, -0.05) is 13.8 Å². The molecular formula is C10H17ClN4O. The summed E-state index contributed by atoms with van der Waals surface area (Å²) in [5.41, 5.74) is 0. The summed E-state index contributed by atoms with van der Waals surface area (Å²) in [6.45, 7) is 4.26. The molecular weight excluding hydrogens is 228 g/mol. The smallest absolute Gasteiger partial charge is 0.322 e. The van der Waals surface area contributed by atoms with E-state index in [0.29, 0.717) is 12.0 Å². The minimum absolute atomic E-state index is 0.152. The molecule has 6 heteroatoms. The van der Waals surface area contributed by atoms with E-state index in [9.17, 15) is 0 Å². The van der Waals surface area contributed by atoms with Gasteiger partial charge in [-0.2, -0.15) is 15.0 Å². The molecule has 0 amide bonds. The van der Waals surface area contributed by atoms with Gasteiger partial charge >= 0.3 is 6.01 Å². The van der Waals surface area contributed by atoms with Crippen LogP contribution in [0.25, 0.3) is 0 Å². The van der Waals surface area contributed by atoms with E-state index in [2.05, 4.69) is 28.8 Å². The van der Waals surface area contributed by atoms with Gasteiger partial charge in [-0.15, -0.1) is 0 Å². The van der Waals surface area contributed by atoms with E-state index < -0.39 is 0 Å². The van der Waals surface area contributed by atoms with Gasteiger partial charge in [-0.3, -0.25) is 0 Å². The molecule has 0 aromatic carbocycles. The molecule has 1 rings (SSSR count). The van der Waals surface area contributed by atoms with Gasteiger partial charge in [0.15, 0.2) is 0 Å². The Balaban J connectivity index is 2.97. The summed E-state index contributed by atoms with van der Waals surface area (Å²) in [5, 5.41) is 0.152. The van der Waals surface area contributed by atoms with E-state index in [1.54, 1.807) is 0 Å². The highest BCUT2D eigenvalue weighted by atomic mass is 35.5. The van der Waals surface area contributed by atoms with E-state index in [1.165, 1.54) is 7.11 Å². The first-order chi connectivity index (χ1) is 7.62. The average Bonchev–Trinajstić information content (AvgIpc) is 2.29. The largest absolute Gasteiger partial charge is 0.467 e. The van der Waals surface area contributed by atoms with Crippen molar-refractivity contribution >= 4 is 17.5 Å². The summed E-state index contributed by atoms with van der Waals surface area (Å²) in [4.78, 5) is 14.1. The fourth-order valence-electron chi connectivity index (χ4n) is 1.57. The fourth-order valence-corrected chi connectivity index (χ4v) is 1.72. The number of halogens is 1. The third-order valence-corrected chi connectivity index (χ3v) is 2.73. The molecule has 0 atom stereocenters. The van der Waals surface area contributed by atoms with Crippen LogP contribution in [-0.2, 0) is 0 Å². The Morgan fingerprint density at radius 2 is 1.88 bits per heavy atom. The van der Waals surface area contributed by atoms with E-state index in [-0.39, 0.29) is 11.3 Å². The summed E-state index contributed by atoms with van der Waals surface area (Å²) in [6.07, 6.45) is 2.05. The highest BCUT2D eigenvalue weighted by Gasteiger charge is 2.15. The summed E-state index contributed by atoms with van der Waals surface area (Å²) in [6, 6.07) is 0.635. The van der Waals surface area contributed by atoms with Gasteiger partial charge in [0.1, 0.15) is 0 Å². The molecule has 0 fully saturated rings. The van der Waals surface area contributed by atoms with Crippen LogP contribution in [0.2, 0.25) is 5.28 Å². The van der Waals surface area contributed by atoms with Crippen LogP contribution in [0.15, 0.2) is 0 Å². The Bertz CT molecular complexity index is 344. The Morgan fingerprint density at radius 1 is 1.25 bits per heavy atom. The molecule has 0 saturated heterocycles. The number of ether oxygens (including phenoxy) is 1. The molecule has 1 aromatic rings. The SMILES string of the molecule is CCC(CC)N(C)c1nc(Cl)nc(OC)n1. The van der Waals surface area contributed by atoms with Crippen LogP contribution in [0.4, 0.5) is 5.95 Å². The van der Waals surface area contributed by atoms with E-state index in [0.717, 1.165) is 12.8 Å². The van der Waals surface area contributed by atoms with Crippen LogP contribution < -0.4 is 9.64 Å². The number of nitrogens with zero attached hydrogens (tertiary/aromatic N) is 4. The van der Waals surface area contributed by atoms with Crippen LogP contribution in [0.3, 0.4) is 0 Å². The summed E-state index contributed by atoms with van der Waals surface area (Å²) < 4.78 is 4.96. The maximum absolute atomic E-state index is 5.80. The summed E-state index contributed by atoms with van der Waals surface area (Å²) in [5.74, 6) is 0.547. The molecule has 0 spiro atoms. The fraction of sp³-hybridized carbons (Fsp3) is 0.700. The predicted octanol–water partition coefficient (Wildman–Crippen LogP) is 2.16. The number of rotatable bonds is 5. The highest BCUT2D eigenvalue weighted by Crippen LogP contribution is 2.18. The van der Waals surface area contributed by atoms with Gasteiger partial charge < -0.3 is 9.64 Å². The molecule has 0 aliphatic heterocycles. The van der Waals surface area contributed by atoms with E-state index >= 15 is 0 Å². The van der Waals surface area contributed by atoms with Crippen molar-refractivity contribution in [1.29, 1.82) is 0 Å². The lowest BCUT2D eigenvalue weighted by atomic mass is 10.1. The van der Waals surface area contributed by atoms with Crippen molar-refractivity contribution in [3.63, 3.8) is 0 Å². The van der Waals surface area contributed by atoms with Crippen LogP contribution in [0.5, 0.6) is 6.01 Å². The second-order valence-electron chi connectivity index (χ2n) is 3.47. The van der Waals surface area contributed by atoms with Gasteiger partial charge in [0.2, 0.25) is 11.2 Å². The number of hydrogen-bond donors (Lipinski definition) is 0. The number of aromatic nitrogens is 3. The second-order valence-corrected chi connectivity index (χ2v) is 3.81. The summed E-state index contributed by atoms with van der Waals surface area (Å²) >= 11 is 5.80. The maximum atomic E-state index is 5.80. The molecule has 5 nitrogen and oxygen atoms in total. The van der Waals surface area contributed by atoms with Gasteiger partial charge in [0, 0.05) is 13.1 Å². The van der Waals surface area contributed by atoms with Crippen molar-refractivity contribution < 1.29 is 4.74 Å². The van der Waals surface area contributed by atoms with Gasteiger partial charge in [0.05, 0.1) is 7.11 Å². The lowest BCUT2D eigenvalue weighted by molar-refractivity contribution is 0.377. The zero-order valence-corrected chi connectivity index (χ0v) is 10.8. The first-order valence-corrected chi connectivity index (χ1v) is 5.68. The van der Waals surface area contributed by atoms with Gasteiger partial charge in [-0.25, -0.2) is 0 Å². The third-order valence-electron chi connectivity index (χ3n) is 2.56. The third kappa shape index (κ3) is 2.95. The molecule has 0 aliphatic carbocycles. The van der Waals surface area contributed by atoms with Crippen molar-refractivity contribution in [2.24, 2.45) is 0 Å². The number of anilines is 1. The average molecular weight is 245 g/mol. The topological polar surface area (TPSA) is 51.1 Å². The normalized spacial score (nSPS) is 10.6. The second kappa shape index (κ2) is 5.84. The predicted molar refractivity (Wildman–Crippen MR) is 64.2 cm³/mol. The summed E-state index contributed by atoms with van der Waals surface area (Å²) in [7, 11) is 3.45.